The minimum absolute atomic E-state index is 0.00748. The summed E-state index contributed by atoms with van der Waals surface area (Å²) in [5.41, 5.74) is 0.963. The van der Waals surface area contributed by atoms with E-state index in [0.29, 0.717) is 29.4 Å². The molecule has 0 aliphatic carbocycles. The molecule has 2 aromatic rings. The Kier molecular flexibility index (Phi) is 5.59. The summed E-state index contributed by atoms with van der Waals surface area (Å²) in [4.78, 5) is 11.9. The molecule has 1 heterocycles. The number of halogens is 2. The molecule has 0 saturated carbocycles. The van der Waals surface area contributed by atoms with E-state index in [4.69, 9.17) is 23.2 Å². The van der Waals surface area contributed by atoms with E-state index in [-0.39, 0.29) is 11.9 Å². The summed E-state index contributed by atoms with van der Waals surface area (Å²) in [5, 5.41) is 11.7. The van der Waals surface area contributed by atoms with Crippen LogP contribution in [0.15, 0.2) is 30.6 Å². The molecule has 1 amide bonds. The number of carbonyl (C=O) groups excluding carboxylic acids is 1. The number of rotatable bonds is 6. The van der Waals surface area contributed by atoms with Gasteiger partial charge < -0.3 is 5.32 Å². The Morgan fingerprint density at radius 1 is 1.43 bits per heavy atom. The van der Waals surface area contributed by atoms with Crippen molar-refractivity contribution in [1.29, 1.82) is 0 Å². The van der Waals surface area contributed by atoms with Crippen LogP contribution in [0.4, 0.5) is 0 Å². The first-order valence-electron chi connectivity index (χ1n) is 6.62. The van der Waals surface area contributed by atoms with Crippen molar-refractivity contribution in [2.24, 2.45) is 0 Å². The van der Waals surface area contributed by atoms with Crippen LogP contribution in [0.25, 0.3) is 0 Å². The molecule has 0 radical (unpaired) electrons. The molecular formula is C14H16Cl2N4O. The third-order valence-corrected chi connectivity index (χ3v) is 3.58. The van der Waals surface area contributed by atoms with Crippen molar-refractivity contribution in [3.63, 3.8) is 0 Å². The van der Waals surface area contributed by atoms with E-state index in [1.807, 2.05) is 13.0 Å². The van der Waals surface area contributed by atoms with Crippen molar-refractivity contribution in [2.75, 3.05) is 0 Å². The second-order valence-electron chi connectivity index (χ2n) is 4.82. The summed E-state index contributed by atoms with van der Waals surface area (Å²) >= 11 is 12.0. The van der Waals surface area contributed by atoms with Gasteiger partial charge in [-0.15, -0.1) is 5.10 Å². The summed E-state index contributed by atoms with van der Waals surface area (Å²) in [5.74, 6) is -0.0249. The van der Waals surface area contributed by atoms with Gasteiger partial charge in [-0.1, -0.05) is 34.5 Å². The number of amides is 1. The molecule has 1 N–H and O–H groups in total. The largest absolute Gasteiger partial charge is 0.353 e. The maximum absolute atomic E-state index is 11.9. The number of carbonyl (C=O) groups is 1. The molecule has 0 fully saturated rings. The predicted octanol–water partition coefficient (Wildman–Crippen LogP) is 2.72. The van der Waals surface area contributed by atoms with E-state index < -0.39 is 0 Å². The molecule has 1 aromatic carbocycles. The number of nitrogens with zero attached hydrogens (tertiary/aromatic N) is 3. The molecule has 1 atom stereocenters. The molecule has 0 aliphatic rings. The summed E-state index contributed by atoms with van der Waals surface area (Å²) in [6.45, 7) is 2.46. The van der Waals surface area contributed by atoms with Gasteiger partial charge in [-0.25, -0.2) is 0 Å². The highest BCUT2D eigenvalue weighted by Crippen LogP contribution is 2.22. The monoisotopic (exact) mass is 326 g/mol. The van der Waals surface area contributed by atoms with Crippen LogP contribution in [-0.2, 0) is 17.8 Å². The van der Waals surface area contributed by atoms with Crippen LogP contribution in [0.5, 0.6) is 0 Å². The van der Waals surface area contributed by atoms with Gasteiger partial charge in [0.1, 0.15) is 0 Å². The zero-order valence-corrected chi connectivity index (χ0v) is 13.1. The highest BCUT2D eigenvalue weighted by Gasteiger charge is 2.10. The molecule has 0 bridgehead atoms. The smallest absolute Gasteiger partial charge is 0.222 e. The molecule has 1 aromatic heterocycles. The van der Waals surface area contributed by atoms with E-state index in [2.05, 4.69) is 15.6 Å². The molecular weight excluding hydrogens is 311 g/mol. The van der Waals surface area contributed by atoms with Crippen molar-refractivity contribution >= 4 is 29.1 Å². The molecule has 0 spiro atoms. The van der Waals surface area contributed by atoms with Crippen LogP contribution in [0, 0.1) is 0 Å². The number of hydrogen-bond acceptors (Lipinski definition) is 3. The van der Waals surface area contributed by atoms with Gasteiger partial charge >= 0.3 is 0 Å². The average Bonchev–Trinajstić information content (AvgIpc) is 2.93. The van der Waals surface area contributed by atoms with Crippen molar-refractivity contribution in [2.45, 2.75) is 32.4 Å². The van der Waals surface area contributed by atoms with Crippen molar-refractivity contribution < 1.29 is 4.79 Å². The second kappa shape index (κ2) is 7.43. The Morgan fingerprint density at radius 3 is 2.90 bits per heavy atom. The van der Waals surface area contributed by atoms with Gasteiger partial charge in [0.25, 0.3) is 0 Å². The lowest BCUT2D eigenvalue weighted by Crippen LogP contribution is -2.34. The standard InChI is InChI=1S/C14H16Cl2N4O/c1-10(8-11-2-3-12(15)9-13(11)16)18-14(21)4-6-20-7-5-17-19-20/h2-3,5,7,9-10H,4,6,8H2,1H3,(H,18,21)/t10-/m1/s1. The SMILES string of the molecule is C[C@H](Cc1ccc(Cl)cc1Cl)NC(=O)CCn1ccnn1. The minimum Gasteiger partial charge on any atom is -0.353 e. The van der Waals surface area contributed by atoms with Crippen molar-refractivity contribution in [3.05, 3.63) is 46.2 Å². The molecule has 7 heteroatoms. The predicted molar refractivity (Wildman–Crippen MR) is 82.4 cm³/mol. The lowest BCUT2D eigenvalue weighted by atomic mass is 10.1. The molecule has 0 saturated heterocycles. The Balaban J connectivity index is 1.80. The number of nitrogens with one attached hydrogen (secondary N) is 1. The zero-order valence-electron chi connectivity index (χ0n) is 11.6. The third-order valence-electron chi connectivity index (χ3n) is 2.99. The average molecular weight is 327 g/mol. The van der Waals surface area contributed by atoms with Gasteiger partial charge in [-0.2, -0.15) is 0 Å². The Labute approximate surface area is 133 Å². The maximum atomic E-state index is 11.9. The molecule has 21 heavy (non-hydrogen) atoms. The van der Waals surface area contributed by atoms with Gasteiger partial charge in [0, 0.05) is 28.7 Å². The summed E-state index contributed by atoms with van der Waals surface area (Å²) < 4.78 is 1.63. The van der Waals surface area contributed by atoms with Crippen molar-refractivity contribution in [1.82, 2.24) is 20.3 Å². The fourth-order valence-electron chi connectivity index (χ4n) is 1.98. The lowest BCUT2D eigenvalue weighted by molar-refractivity contribution is -0.121. The van der Waals surface area contributed by atoms with Gasteiger partial charge in [0.15, 0.2) is 0 Å². The Morgan fingerprint density at radius 2 is 2.24 bits per heavy atom. The van der Waals surface area contributed by atoms with Crippen LogP contribution in [0.3, 0.4) is 0 Å². The van der Waals surface area contributed by atoms with Crippen LogP contribution in [-0.4, -0.2) is 26.9 Å². The summed E-state index contributed by atoms with van der Waals surface area (Å²) in [6.07, 6.45) is 4.33. The minimum atomic E-state index is -0.0249. The van der Waals surface area contributed by atoms with E-state index in [1.165, 1.54) is 0 Å². The second-order valence-corrected chi connectivity index (χ2v) is 5.67. The van der Waals surface area contributed by atoms with E-state index >= 15 is 0 Å². The number of aromatic nitrogens is 3. The zero-order chi connectivity index (χ0) is 15.2. The first-order chi connectivity index (χ1) is 10.0. The van der Waals surface area contributed by atoms with Gasteiger partial charge in [-0.05, 0) is 31.0 Å². The van der Waals surface area contributed by atoms with Crippen LogP contribution in [0.2, 0.25) is 10.0 Å². The fraction of sp³-hybridized carbons (Fsp3) is 0.357. The topological polar surface area (TPSA) is 59.8 Å². The lowest BCUT2D eigenvalue weighted by Gasteiger charge is -2.15. The van der Waals surface area contributed by atoms with Crippen molar-refractivity contribution in [3.8, 4) is 0 Å². The maximum Gasteiger partial charge on any atom is 0.222 e. The number of benzene rings is 1. The highest BCUT2D eigenvalue weighted by atomic mass is 35.5. The fourth-order valence-corrected chi connectivity index (χ4v) is 2.47. The summed E-state index contributed by atoms with van der Waals surface area (Å²) in [7, 11) is 0. The molecule has 2 rings (SSSR count). The van der Waals surface area contributed by atoms with Crippen LogP contribution >= 0.6 is 23.2 Å². The van der Waals surface area contributed by atoms with E-state index in [9.17, 15) is 4.79 Å². The first-order valence-corrected chi connectivity index (χ1v) is 7.37. The molecule has 0 aliphatic heterocycles. The number of aryl methyl sites for hydroxylation is 1. The van der Waals surface area contributed by atoms with Gasteiger partial charge in [0.2, 0.25) is 5.91 Å². The van der Waals surface area contributed by atoms with Crippen LogP contribution < -0.4 is 5.32 Å². The Bertz CT molecular complexity index is 601. The highest BCUT2D eigenvalue weighted by molar-refractivity contribution is 6.35. The van der Waals surface area contributed by atoms with E-state index in [0.717, 1.165) is 5.56 Å². The molecule has 0 unspecified atom stereocenters. The number of hydrogen-bond donors (Lipinski definition) is 1. The van der Waals surface area contributed by atoms with Crippen LogP contribution in [0.1, 0.15) is 18.9 Å². The molecule has 112 valence electrons. The third kappa shape index (κ3) is 5.02. The normalized spacial score (nSPS) is 12.1. The van der Waals surface area contributed by atoms with Gasteiger partial charge in [0.05, 0.1) is 12.7 Å². The Hall–Kier alpha value is -1.59. The van der Waals surface area contributed by atoms with E-state index in [1.54, 1.807) is 29.2 Å². The first kappa shape index (κ1) is 15.8. The van der Waals surface area contributed by atoms with Gasteiger partial charge in [-0.3, -0.25) is 9.48 Å². The molecule has 5 nitrogen and oxygen atoms in total. The summed E-state index contributed by atoms with van der Waals surface area (Å²) in [6, 6.07) is 5.37. The quantitative estimate of drug-likeness (QED) is 0.887.